The lowest BCUT2D eigenvalue weighted by Crippen LogP contribution is -1.95. The second kappa shape index (κ2) is 5.01. The Balaban J connectivity index is 2.10. The zero-order valence-electron chi connectivity index (χ0n) is 14.3. The Morgan fingerprint density at radius 2 is 0.893 bits per heavy atom. The van der Waals surface area contributed by atoms with E-state index in [9.17, 15) is 0 Å². The van der Waals surface area contributed by atoms with E-state index in [2.05, 4.69) is 48.5 Å². The quantitative estimate of drug-likeness (QED) is 0.133. The zero-order valence-corrected chi connectivity index (χ0v) is 17.6. The Hall–Kier alpha value is -1.84. The Kier molecular flexibility index (Phi) is 2.86. The second-order valence-electron chi connectivity index (χ2n) is 7.48. The van der Waals surface area contributed by atoms with Gasteiger partial charge in [0.25, 0.3) is 0 Å². The molecular formula is C24H10Cl2S2. The molecule has 0 aliphatic heterocycles. The molecule has 0 aromatic heterocycles. The molecule has 28 heavy (non-hydrogen) atoms. The minimum absolute atomic E-state index is 0.550. The molecule has 0 radical (unpaired) electrons. The van der Waals surface area contributed by atoms with Gasteiger partial charge < -0.3 is 0 Å². The molecule has 4 heteroatoms. The zero-order chi connectivity index (χ0) is 18.9. The van der Waals surface area contributed by atoms with Crippen LogP contribution in [-0.4, -0.2) is 0 Å². The van der Waals surface area contributed by atoms with Crippen molar-refractivity contribution in [3.8, 4) is 0 Å². The van der Waals surface area contributed by atoms with Gasteiger partial charge in [0.15, 0.2) is 0 Å². The molecule has 7 aromatic carbocycles. The third-order valence-corrected chi connectivity index (χ3v) is 8.22. The fraction of sp³-hybridized carbons (Fsp3) is 0. The first kappa shape index (κ1) is 16.0. The van der Waals surface area contributed by atoms with Crippen LogP contribution in [0.5, 0.6) is 0 Å². The Bertz CT molecular complexity index is 1630. The number of halogens is 2. The van der Waals surface area contributed by atoms with E-state index in [-0.39, 0.29) is 0 Å². The molecular weight excluding hydrogens is 423 g/mol. The SMILES string of the molecule is Sc1c(S)c2c(Cl)c(Cl)c3ccc4ccc5ccc6ccc1c1c6c5c4c3c21. The highest BCUT2D eigenvalue weighted by atomic mass is 35.5. The van der Waals surface area contributed by atoms with Crippen LogP contribution in [0.1, 0.15) is 0 Å². The van der Waals surface area contributed by atoms with Crippen LogP contribution in [0.2, 0.25) is 10.0 Å². The number of hydrogen-bond acceptors (Lipinski definition) is 2. The molecule has 0 nitrogen and oxygen atoms in total. The first-order valence-electron chi connectivity index (χ1n) is 8.97. The highest BCUT2D eigenvalue weighted by molar-refractivity contribution is 7.84. The Labute approximate surface area is 180 Å². The predicted molar refractivity (Wildman–Crippen MR) is 130 cm³/mol. The summed E-state index contributed by atoms with van der Waals surface area (Å²) < 4.78 is 0. The normalized spacial score (nSPS) is 13.0. The standard InChI is InChI=1S/C24H10Cl2S2/c25-21-12-7-5-10-3-1-9-2-4-11-6-8-13-18-16(11)14(9)15(10)17(12)19(18)20(22(21)26)24(28)23(13)27/h1-8,27-28H. The highest BCUT2D eigenvalue weighted by Crippen LogP contribution is 2.54. The lowest BCUT2D eigenvalue weighted by atomic mass is 9.83. The molecule has 132 valence electrons. The molecule has 0 fully saturated rings. The largest absolute Gasteiger partial charge is 0.142 e. The molecule has 7 rings (SSSR count). The van der Waals surface area contributed by atoms with E-state index in [0.717, 1.165) is 31.3 Å². The van der Waals surface area contributed by atoms with Crippen LogP contribution >= 0.6 is 48.5 Å². The number of rotatable bonds is 0. The average Bonchev–Trinajstić information content (AvgIpc) is 2.72. The molecule has 0 aliphatic carbocycles. The van der Waals surface area contributed by atoms with Crippen molar-refractivity contribution in [3.05, 3.63) is 58.6 Å². The second-order valence-corrected chi connectivity index (χ2v) is 9.13. The lowest BCUT2D eigenvalue weighted by Gasteiger charge is -2.23. The smallest absolute Gasteiger partial charge is 0.0689 e. The van der Waals surface area contributed by atoms with Crippen LogP contribution in [0.4, 0.5) is 0 Å². The van der Waals surface area contributed by atoms with Gasteiger partial charge >= 0.3 is 0 Å². The topological polar surface area (TPSA) is 0 Å². The van der Waals surface area contributed by atoms with E-state index in [1.807, 2.05) is 0 Å². The first-order valence-corrected chi connectivity index (χ1v) is 10.6. The monoisotopic (exact) mass is 432 g/mol. The van der Waals surface area contributed by atoms with Crippen molar-refractivity contribution >= 4 is 113 Å². The third-order valence-electron chi connectivity index (χ3n) is 6.26. The van der Waals surface area contributed by atoms with Gasteiger partial charge in [-0.3, -0.25) is 0 Å². The summed E-state index contributed by atoms with van der Waals surface area (Å²) in [5, 5.41) is 15.1. The van der Waals surface area contributed by atoms with Gasteiger partial charge in [0.05, 0.1) is 10.0 Å². The van der Waals surface area contributed by atoms with Crippen LogP contribution in [0.15, 0.2) is 58.3 Å². The van der Waals surface area contributed by atoms with Crippen molar-refractivity contribution in [3.63, 3.8) is 0 Å². The van der Waals surface area contributed by atoms with Gasteiger partial charge in [0, 0.05) is 31.3 Å². The van der Waals surface area contributed by atoms with Crippen LogP contribution in [0.3, 0.4) is 0 Å². The summed E-state index contributed by atoms with van der Waals surface area (Å²) in [5.41, 5.74) is 0. The summed E-state index contributed by atoms with van der Waals surface area (Å²) in [6, 6.07) is 17.4. The number of thiol groups is 2. The Morgan fingerprint density at radius 1 is 0.429 bits per heavy atom. The number of benzene rings is 7. The summed E-state index contributed by atoms with van der Waals surface area (Å²) in [7, 11) is 0. The summed E-state index contributed by atoms with van der Waals surface area (Å²) in [5.74, 6) is 0. The van der Waals surface area contributed by atoms with Crippen molar-refractivity contribution < 1.29 is 0 Å². The van der Waals surface area contributed by atoms with E-state index < -0.39 is 0 Å². The molecule has 0 aliphatic rings. The molecule has 7 aromatic rings. The van der Waals surface area contributed by atoms with Crippen LogP contribution in [-0.2, 0) is 0 Å². The van der Waals surface area contributed by atoms with Gasteiger partial charge in [-0.15, -0.1) is 25.3 Å². The van der Waals surface area contributed by atoms with E-state index >= 15 is 0 Å². The van der Waals surface area contributed by atoms with Crippen LogP contribution < -0.4 is 0 Å². The van der Waals surface area contributed by atoms with Gasteiger partial charge in [-0.1, -0.05) is 71.7 Å². The van der Waals surface area contributed by atoms with Crippen molar-refractivity contribution in [2.75, 3.05) is 0 Å². The maximum Gasteiger partial charge on any atom is 0.0689 e. The van der Waals surface area contributed by atoms with Gasteiger partial charge in [-0.2, -0.15) is 0 Å². The third kappa shape index (κ3) is 1.59. The fourth-order valence-electron chi connectivity index (χ4n) is 5.13. The summed E-state index contributed by atoms with van der Waals surface area (Å²) >= 11 is 23.2. The summed E-state index contributed by atoms with van der Waals surface area (Å²) in [4.78, 5) is 1.62. The minimum Gasteiger partial charge on any atom is -0.142 e. The molecule has 0 saturated heterocycles. The maximum atomic E-state index is 6.81. The Morgan fingerprint density at radius 3 is 1.50 bits per heavy atom. The van der Waals surface area contributed by atoms with E-state index in [4.69, 9.17) is 48.5 Å². The molecule has 0 N–H and O–H groups in total. The van der Waals surface area contributed by atoms with Crippen molar-refractivity contribution in [2.24, 2.45) is 0 Å². The molecule has 0 heterocycles. The van der Waals surface area contributed by atoms with Crippen molar-refractivity contribution in [2.45, 2.75) is 9.79 Å². The van der Waals surface area contributed by atoms with Crippen LogP contribution in [0.25, 0.3) is 64.6 Å². The molecule has 0 unspecified atom stereocenters. The van der Waals surface area contributed by atoms with Crippen molar-refractivity contribution in [1.82, 2.24) is 0 Å². The predicted octanol–water partition coefficient (Wildman–Crippen LogP) is 8.80. The molecule has 0 saturated carbocycles. The molecule has 0 spiro atoms. The molecule has 0 bridgehead atoms. The summed E-state index contributed by atoms with van der Waals surface area (Å²) in [6.07, 6.45) is 0. The van der Waals surface area contributed by atoms with E-state index in [1.165, 1.54) is 43.1 Å². The van der Waals surface area contributed by atoms with Gasteiger partial charge in [-0.25, -0.2) is 0 Å². The summed E-state index contributed by atoms with van der Waals surface area (Å²) in [6.45, 7) is 0. The van der Waals surface area contributed by atoms with Crippen LogP contribution in [0, 0.1) is 0 Å². The minimum atomic E-state index is 0.550. The number of hydrogen-bond donors (Lipinski definition) is 2. The van der Waals surface area contributed by atoms with Gasteiger partial charge in [0.2, 0.25) is 0 Å². The lowest BCUT2D eigenvalue weighted by molar-refractivity contribution is 1.39. The molecule has 0 amide bonds. The molecule has 0 atom stereocenters. The van der Waals surface area contributed by atoms with Crippen molar-refractivity contribution in [1.29, 1.82) is 0 Å². The average molecular weight is 433 g/mol. The van der Waals surface area contributed by atoms with Gasteiger partial charge in [-0.05, 0) is 43.1 Å². The fourth-order valence-corrected chi connectivity index (χ4v) is 6.38. The van der Waals surface area contributed by atoms with Gasteiger partial charge in [0.1, 0.15) is 0 Å². The van der Waals surface area contributed by atoms with E-state index in [1.54, 1.807) is 0 Å². The van der Waals surface area contributed by atoms with E-state index in [0.29, 0.717) is 10.0 Å². The maximum absolute atomic E-state index is 6.81. The highest BCUT2D eigenvalue weighted by Gasteiger charge is 2.25. The first-order chi connectivity index (χ1) is 13.6.